The SMILES string of the molecule is CC(Cl)C(=O)Oc1ccc(-c2ccc(CC(=O)OCc3ccccc3)cc2)cc1. The summed E-state index contributed by atoms with van der Waals surface area (Å²) in [6.07, 6.45) is 0.221. The van der Waals surface area contributed by atoms with Gasteiger partial charge in [-0.2, -0.15) is 0 Å². The minimum absolute atomic E-state index is 0.221. The second-order valence-electron chi connectivity index (χ2n) is 6.58. The molecule has 0 aliphatic carbocycles. The van der Waals surface area contributed by atoms with Gasteiger partial charge in [0.15, 0.2) is 0 Å². The van der Waals surface area contributed by atoms with Crippen molar-refractivity contribution in [3.63, 3.8) is 0 Å². The fourth-order valence-electron chi connectivity index (χ4n) is 2.68. The molecule has 148 valence electrons. The predicted molar refractivity (Wildman–Crippen MR) is 113 cm³/mol. The van der Waals surface area contributed by atoms with Gasteiger partial charge in [0.25, 0.3) is 0 Å². The first kappa shape index (κ1) is 20.6. The van der Waals surface area contributed by atoms with E-state index in [-0.39, 0.29) is 19.0 Å². The van der Waals surface area contributed by atoms with Crippen molar-refractivity contribution in [1.29, 1.82) is 0 Å². The highest BCUT2D eigenvalue weighted by Crippen LogP contribution is 2.23. The highest BCUT2D eigenvalue weighted by atomic mass is 35.5. The summed E-state index contributed by atoms with van der Waals surface area (Å²) in [4.78, 5) is 23.6. The lowest BCUT2D eigenvalue weighted by Crippen LogP contribution is -2.17. The maximum atomic E-state index is 12.0. The molecule has 0 heterocycles. The zero-order chi connectivity index (χ0) is 20.6. The molecular weight excluding hydrogens is 388 g/mol. The van der Waals surface area contributed by atoms with Crippen LogP contribution in [0.3, 0.4) is 0 Å². The van der Waals surface area contributed by atoms with Crippen LogP contribution in [-0.2, 0) is 27.4 Å². The van der Waals surface area contributed by atoms with E-state index in [9.17, 15) is 9.59 Å². The summed E-state index contributed by atoms with van der Waals surface area (Å²) in [6, 6.07) is 24.5. The number of hydrogen-bond acceptors (Lipinski definition) is 4. The van der Waals surface area contributed by atoms with Crippen LogP contribution < -0.4 is 4.74 Å². The maximum absolute atomic E-state index is 12.0. The van der Waals surface area contributed by atoms with Gasteiger partial charge in [-0.15, -0.1) is 11.6 Å². The zero-order valence-electron chi connectivity index (χ0n) is 16.0. The highest BCUT2D eigenvalue weighted by Gasteiger charge is 2.12. The molecular formula is C24H21ClO4. The van der Waals surface area contributed by atoms with Gasteiger partial charge in [-0.05, 0) is 41.3 Å². The third-order valence-corrected chi connectivity index (χ3v) is 4.45. The Hall–Kier alpha value is -3.11. The number of halogens is 1. The lowest BCUT2D eigenvalue weighted by atomic mass is 10.0. The molecule has 0 amide bonds. The normalized spacial score (nSPS) is 11.5. The minimum Gasteiger partial charge on any atom is -0.461 e. The monoisotopic (exact) mass is 408 g/mol. The summed E-state index contributed by atoms with van der Waals surface area (Å²) in [5.74, 6) is -0.298. The number of benzene rings is 3. The summed E-state index contributed by atoms with van der Waals surface area (Å²) < 4.78 is 10.5. The summed E-state index contributed by atoms with van der Waals surface area (Å²) in [6.45, 7) is 1.84. The van der Waals surface area contributed by atoms with E-state index < -0.39 is 11.3 Å². The standard InChI is InChI=1S/C24H21ClO4/c1-17(25)24(27)29-22-13-11-21(12-14-22)20-9-7-18(8-10-20)15-23(26)28-16-19-5-3-2-4-6-19/h2-14,17H,15-16H2,1H3. The molecule has 0 aliphatic rings. The van der Waals surface area contributed by atoms with Gasteiger partial charge in [-0.1, -0.05) is 66.7 Å². The van der Waals surface area contributed by atoms with Gasteiger partial charge in [0, 0.05) is 0 Å². The highest BCUT2D eigenvalue weighted by molar-refractivity contribution is 6.29. The number of ether oxygens (including phenoxy) is 2. The van der Waals surface area contributed by atoms with Gasteiger partial charge in [0.05, 0.1) is 6.42 Å². The molecule has 5 heteroatoms. The van der Waals surface area contributed by atoms with Crippen LogP contribution in [0, 0.1) is 0 Å². The van der Waals surface area contributed by atoms with Crippen molar-refractivity contribution in [2.75, 3.05) is 0 Å². The Morgan fingerprint density at radius 1 is 0.828 bits per heavy atom. The van der Waals surface area contributed by atoms with E-state index in [1.807, 2.05) is 66.7 Å². The molecule has 0 fully saturated rings. The van der Waals surface area contributed by atoms with Gasteiger partial charge in [-0.3, -0.25) is 9.59 Å². The Labute approximate surface area is 175 Å². The van der Waals surface area contributed by atoms with E-state index in [0.717, 1.165) is 22.3 Å². The van der Waals surface area contributed by atoms with Crippen molar-refractivity contribution in [1.82, 2.24) is 0 Å². The Kier molecular flexibility index (Phi) is 7.04. The van der Waals surface area contributed by atoms with Gasteiger partial charge < -0.3 is 9.47 Å². The molecule has 0 N–H and O–H groups in total. The van der Waals surface area contributed by atoms with Crippen molar-refractivity contribution in [3.8, 4) is 16.9 Å². The molecule has 0 saturated carbocycles. The molecule has 29 heavy (non-hydrogen) atoms. The van der Waals surface area contributed by atoms with Crippen molar-refractivity contribution >= 4 is 23.5 Å². The molecule has 0 spiro atoms. The molecule has 0 bridgehead atoms. The van der Waals surface area contributed by atoms with Crippen LogP contribution in [0.25, 0.3) is 11.1 Å². The smallest absolute Gasteiger partial charge is 0.329 e. The third-order valence-electron chi connectivity index (χ3n) is 4.28. The van der Waals surface area contributed by atoms with Crippen molar-refractivity contribution < 1.29 is 19.1 Å². The minimum atomic E-state index is -0.693. The third kappa shape index (κ3) is 6.19. The Morgan fingerprint density at radius 2 is 1.41 bits per heavy atom. The fourth-order valence-corrected chi connectivity index (χ4v) is 2.73. The van der Waals surface area contributed by atoms with E-state index in [1.165, 1.54) is 0 Å². The lowest BCUT2D eigenvalue weighted by molar-refractivity contribution is -0.144. The second-order valence-corrected chi connectivity index (χ2v) is 7.24. The van der Waals surface area contributed by atoms with E-state index >= 15 is 0 Å². The molecule has 3 aromatic rings. The average Bonchev–Trinajstić information content (AvgIpc) is 2.74. The van der Waals surface area contributed by atoms with Gasteiger partial charge in [0.1, 0.15) is 17.7 Å². The first-order valence-electron chi connectivity index (χ1n) is 9.26. The average molecular weight is 409 g/mol. The summed E-state index contributed by atoms with van der Waals surface area (Å²) in [5, 5.41) is -0.693. The van der Waals surface area contributed by atoms with Gasteiger partial charge in [-0.25, -0.2) is 0 Å². The summed E-state index contributed by atoms with van der Waals surface area (Å²) in [5.41, 5.74) is 3.82. The molecule has 0 saturated heterocycles. The Balaban J connectivity index is 1.55. The number of carbonyl (C=O) groups excluding carboxylic acids is 2. The topological polar surface area (TPSA) is 52.6 Å². The Morgan fingerprint density at radius 3 is 2.00 bits per heavy atom. The Bertz CT molecular complexity index is 948. The van der Waals surface area contributed by atoms with Gasteiger partial charge in [0.2, 0.25) is 0 Å². The lowest BCUT2D eigenvalue weighted by Gasteiger charge is -2.08. The van der Waals surface area contributed by atoms with E-state index in [1.54, 1.807) is 19.1 Å². The molecule has 0 aliphatic heterocycles. The van der Waals surface area contributed by atoms with Gasteiger partial charge >= 0.3 is 11.9 Å². The number of carbonyl (C=O) groups is 2. The van der Waals surface area contributed by atoms with Crippen LogP contribution in [-0.4, -0.2) is 17.3 Å². The quantitative estimate of drug-likeness (QED) is 0.307. The van der Waals surface area contributed by atoms with Crippen molar-refractivity contribution in [2.45, 2.75) is 25.3 Å². The summed E-state index contributed by atoms with van der Waals surface area (Å²) >= 11 is 5.70. The van der Waals surface area contributed by atoms with Crippen molar-refractivity contribution in [2.24, 2.45) is 0 Å². The van der Waals surface area contributed by atoms with Crippen molar-refractivity contribution in [3.05, 3.63) is 90.0 Å². The van der Waals surface area contributed by atoms with Crippen LogP contribution in [0.5, 0.6) is 5.75 Å². The molecule has 0 aromatic heterocycles. The molecule has 1 atom stereocenters. The first-order chi connectivity index (χ1) is 14.0. The fraction of sp³-hybridized carbons (Fsp3) is 0.167. The number of esters is 2. The van der Waals surface area contributed by atoms with Crippen LogP contribution in [0.1, 0.15) is 18.1 Å². The van der Waals surface area contributed by atoms with Crippen LogP contribution >= 0.6 is 11.6 Å². The predicted octanol–water partition coefficient (Wildman–Crippen LogP) is 5.17. The van der Waals surface area contributed by atoms with Crippen LogP contribution in [0.15, 0.2) is 78.9 Å². The zero-order valence-corrected chi connectivity index (χ0v) is 16.8. The first-order valence-corrected chi connectivity index (χ1v) is 9.69. The summed E-state index contributed by atoms with van der Waals surface area (Å²) in [7, 11) is 0. The van der Waals surface area contributed by atoms with E-state index in [0.29, 0.717) is 5.75 Å². The molecule has 1 unspecified atom stereocenters. The molecule has 0 radical (unpaired) electrons. The number of rotatable bonds is 7. The number of alkyl halides is 1. The van der Waals surface area contributed by atoms with Crippen LogP contribution in [0.2, 0.25) is 0 Å². The number of hydrogen-bond donors (Lipinski definition) is 0. The van der Waals surface area contributed by atoms with E-state index in [2.05, 4.69) is 0 Å². The molecule has 3 rings (SSSR count). The van der Waals surface area contributed by atoms with E-state index in [4.69, 9.17) is 21.1 Å². The largest absolute Gasteiger partial charge is 0.461 e. The second kappa shape index (κ2) is 9.89. The molecule has 3 aromatic carbocycles. The molecule has 4 nitrogen and oxygen atoms in total. The maximum Gasteiger partial charge on any atom is 0.329 e. The van der Waals surface area contributed by atoms with Crippen LogP contribution in [0.4, 0.5) is 0 Å².